The van der Waals surface area contributed by atoms with Gasteiger partial charge in [0.15, 0.2) is 0 Å². The molecule has 1 rings (SSSR count). The molecular weight excluding hydrogens is 292 g/mol. The number of hydrogen-bond acceptors (Lipinski definition) is 4. The second-order valence-electron chi connectivity index (χ2n) is 4.44. The van der Waals surface area contributed by atoms with Crippen LogP contribution in [0.5, 0.6) is 5.75 Å². The zero-order chi connectivity index (χ0) is 14.6. The van der Waals surface area contributed by atoms with E-state index in [4.69, 9.17) is 9.47 Å². The van der Waals surface area contributed by atoms with Crippen molar-refractivity contribution in [2.24, 2.45) is 0 Å². The first-order chi connectivity index (χ1) is 9.76. The minimum atomic E-state index is -0.0209. The Morgan fingerprint density at radius 1 is 1.19 bits per heavy atom. The molecule has 0 fully saturated rings. The molecule has 0 spiro atoms. The molecule has 0 aliphatic rings. The minimum Gasteiger partial charge on any atom is -0.494 e. The fraction of sp³-hybridized carbons (Fsp3) is 0.533. The van der Waals surface area contributed by atoms with Crippen LogP contribution >= 0.6 is 12.4 Å². The fourth-order valence-electron chi connectivity index (χ4n) is 1.56. The molecule has 0 heterocycles. The van der Waals surface area contributed by atoms with E-state index in [1.807, 2.05) is 24.3 Å². The van der Waals surface area contributed by atoms with E-state index < -0.39 is 0 Å². The Hall–Kier alpha value is -1.30. The summed E-state index contributed by atoms with van der Waals surface area (Å²) in [4.78, 5) is 11.5. The second kappa shape index (κ2) is 12.4. The molecule has 0 radical (unpaired) electrons. The van der Waals surface area contributed by atoms with Crippen molar-refractivity contribution in [1.29, 1.82) is 0 Å². The molecule has 0 saturated heterocycles. The Morgan fingerprint density at radius 3 is 2.52 bits per heavy atom. The van der Waals surface area contributed by atoms with Gasteiger partial charge < -0.3 is 20.1 Å². The molecule has 6 heteroatoms. The average Bonchev–Trinajstić information content (AvgIpc) is 2.48. The van der Waals surface area contributed by atoms with Crippen molar-refractivity contribution < 1.29 is 14.3 Å². The van der Waals surface area contributed by atoms with Crippen molar-refractivity contribution in [2.45, 2.75) is 19.9 Å². The minimum absolute atomic E-state index is 0. The Morgan fingerprint density at radius 2 is 1.90 bits per heavy atom. The van der Waals surface area contributed by atoms with Crippen LogP contribution in [0.1, 0.15) is 18.9 Å². The van der Waals surface area contributed by atoms with Gasteiger partial charge in [0.1, 0.15) is 5.75 Å². The first kappa shape index (κ1) is 19.7. The number of carbonyl (C=O) groups is 1. The number of amides is 1. The number of rotatable bonds is 10. The van der Waals surface area contributed by atoms with Gasteiger partial charge in [-0.3, -0.25) is 4.79 Å². The Kier molecular flexibility index (Phi) is 11.7. The summed E-state index contributed by atoms with van der Waals surface area (Å²) in [6.45, 7) is 4.91. The molecule has 21 heavy (non-hydrogen) atoms. The maximum Gasteiger partial charge on any atom is 0.234 e. The van der Waals surface area contributed by atoms with E-state index in [0.717, 1.165) is 24.3 Å². The molecular formula is C15H25ClN2O3. The van der Waals surface area contributed by atoms with Gasteiger partial charge in [0.05, 0.1) is 19.8 Å². The Balaban J connectivity index is 0.00000400. The van der Waals surface area contributed by atoms with Crippen LogP contribution in [0.4, 0.5) is 0 Å². The van der Waals surface area contributed by atoms with Crippen LogP contribution in [-0.2, 0) is 16.1 Å². The zero-order valence-electron chi connectivity index (χ0n) is 12.7. The van der Waals surface area contributed by atoms with Gasteiger partial charge in [-0.25, -0.2) is 0 Å². The van der Waals surface area contributed by atoms with Crippen LogP contribution in [0, 0.1) is 0 Å². The molecule has 0 atom stereocenters. The van der Waals surface area contributed by atoms with E-state index in [2.05, 4.69) is 17.6 Å². The van der Waals surface area contributed by atoms with Crippen LogP contribution in [0.25, 0.3) is 0 Å². The molecule has 0 bridgehead atoms. The number of halogens is 1. The summed E-state index contributed by atoms with van der Waals surface area (Å²) in [5.74, 6) is 0.843. The maximum absolute atomic E-state index is 11.5. The number of nitrogens with one attached hydrogen (secondary N) is 2. The predicted octanol–water partition coefficient (Wildman–Crippen LogP) is 1.75. The summed E-state index contributed by atoms with van der Waals surface area (Å²) in [6, 6.07) is 7.77. The first-order valence-electron chi connectivity index (χ1n) is 6.94. The van der Waals surface area contributed by atoms with Crippen molar-refractivity contribution in [3.05, 3.63) is 29.8 Å². The summed E-state index contributed by atoms with van der Waals surface area (Å²) in [5, 5.41) is 5.85. The van der Waals surface area contributed by atoms with Crippen molar-refractivity contribution in [2.75, 3.05) is 33.4 Å². The van der Waals surface area contributed by atoms with E-state index in [1.54, 1.807) is 7.11 Å². The maximum atomic E-state index is 11.5. The van der Waals surface area contributed by atoms with E-state index in [-0.39, 0.29) is 18.3 Å². The molecule has 120 valence electrons. The molecule has 0 aliphatic heterocycles. The molecule has 0 aromatic heterocycles. The van der Waals surface area contributed by atoms with Crippen LogP contribution in [0.15, 0.2) is 24.3 Å². The lowest BCUT2D eigenvalue weighted by Gasteiger charge is -2.08. The smallest absolute Gasteiger partial charge is 0.234 e. The monoisotopic (exact) mass is 316 g/mol. The van der Waals surface area contributed by atoms with Gasteiger partial charge in [-0.15, -0.1) is 12.4 Å². The highest BCUT2D eigenvalue weighted by molar-refractivity contribution is 5.85. The van der Waals surface area contributed by atoms with E-state index in [9.17, 15) is 4.79 Å². The van der Waals surface area contributed by atoms with E-state index >= 15 is 0 Å². The highest BCUT2D eigenvalue weighted by Gasteiger charge is 2.01. The van der Waals surface area contributed by atoms with E-state index in [0.29, 0.717) is 26.2 Å². The number of hydrogen-bond donors (Lipinski definition) is 2. The molecule has 1 aromatic carbocycles. The van der Waals surface area contributed by atoms with Gasteiger partial charge in [0, 0.05) is 20.2 Å². The lowest BCUT2D eigenvalue weighted by Crippen LogP contribution is -2.34. The summed E-state index contributed by atoms with van der Waals surface area (Å²) in [7, 11) is 1.63. The number of methoxy groups -OCH3 is 1. The van der Waals surface area contributed by atoms with Gasteiger partial charge in [0.25, 0.3) is 0 Å². The molecule has 2 N–H and O–H groups in total. The average molecular weight is 317 g/mol. The highest BCUT2D eigenvalue weighted by atomic mass is 35.5. The third-order valence-electron chi connectivity index (χ3n) is 2.65. The third-order valence-corrected chi connectivity index (χ3v) is 2.65. The summed E-state index contributed by atoms with van der Waals surface area (Å²) >= 11 is 0. The molecule has 0 unspecified atom stereocenters. The molecule has 1 aromatic rings. The summed E-state index contributed by atoms with van der Waals surface area (Å²) in [6.07, 6.45) is 0.994. The van der Waals surface area contributed by atoms with Crippen molar-refractivity contribution >= 4 is 18.3 Å². The topological polar surface area (TPSA) is 59.6 Å². The fourth-order valence-corrected chi connectivity index (χ4v) is 1.56. The summed E-state index contributed by atoms with van der Waals surface area (Å²) in [5.41, 5.74) is 1.05. The van der Waals surface area contributed by atoms with Crippen LogP contribution in [-0.4, -0.2) is 39.3 Å². The predicted molar refractivity (Wildman–Crippen MR) is 86.1 cm³/mol. The van der Waals surface area contributed by atoms with Crippen molar-refractivity contribution in [1.82, 2.24) is 10.6 Å². The number of ether oxygens (including phenoxy) is 2. The SMILES string of the molecule is CCCOc1ccc(CNC(=O)CNCCOC)cc1.Cl. The standard InChI is InChI=1S/C15H24N2O3.ClH/c1-3-9-20-14-6-4-13(5-7-14)11-17-15(18)12-16-8-10-19-2;/h4-7,16H,3,8-12H2,1-2H3,(H,17,18);1H. The zero-order valence-corrected chi connectivity index (χ0v) is 13.5. The van der Waals surface area contributed by atoms with Gasteiger partial charge >= 0.3 is 0 Å². The van der Waals surface area contributed by atoms with Crippen LogP contribution < -0.4 is 15.4 Å². The largest absolute Gasteiger partial charge is 0.494 e. The summed E-state index contributed by atoms with van der Waals surface area (Å²) < 4.78 is 10.4. The van der Waals surface area contributed by atoms with Crippen LogP contribution in [0.2, 0.25) is 0 Å². The lowest BCUT2D eigenvalue weighted by atomic mass is 10.2. The molecule has 0 saturated carbocycles. The third kappa shape index (κ3) is 9.28. The van der Waals surface area contributed by atoms with Gasteiger partial charge in [-0.05, 0) is 24.1 Å². The van der Waals surface area contributed by atoms with E-state index in [1.165, 1.54) is 0 Å². The Bertz CT molecular complexity index is 385. The normalized spacial score (nSPS) is 9.81. The van der Waals surface area contributed by atoms with Crippen LogP contribution in [0.3, 0.4) is 0 Å². The molecule has 1 amide bonds. The highest BCUT2D eigenvalue weighted by Crippen LogP contribution is 2.12. The Labute approximate surface area is 132 Å². The number of carbonyl (C=O) groups excluding carboxylic acids is 1. The molecule has 5 nitrogen and oxygen atoms in total. The van der Waals surface area contributed by atoms with Gasteiger partial charge in [-0.1, -0.05) is 19.1 Å². The first-order valence-corrected chi connectivity index (χ1v) is 6.94. The van der Waals surface area contributed by atoms with Crippen molar-refractivity contribution in [3.63, 3.8) is 0 Å². The molecule has 0 aliphatic carbocycles. The van der Waals surface area contributed by atoms with Gasteiger partial charge in [0.2, 0.25) is 5.91 Å². The number of benzene rings is 1. The second-order valence-corrected chi connectivity index (χ2v) is 4.44. The lowest BCUT2D eigenvalue weighted by molar-refractivity contribution is -0.120. The quantitative estimate of drug-likeness (QED) is 0.646. The van der Waals surface area contributed by atoms with Crippen molar-refractivity contribution in [3.8, 4) is 5.75 Å². The van der Waals surface area contributed by atoms with Gasteiger partial charge in [-0.2, -0.15) is 0 Å².